The molecule has 0 bridgehead atoms. The normalized spacial score (nSPS) is 27.2. The molecule has 2 fully saturated rings. The molecule has 6 heteroatoms. The maximum atomic E-state index is 13.5. The predicted molar refractivity (Wildman–Crippen MR) is 112 cm³/mol. The summed E-state index contributed by atoms with van der Waals surface area (Å²) in [5, 5.41) is 3.59. The number of piperazine rings is 1. The third kappa shape index (κ3) is 4.66. The molecule has 0 saturated carbocycles. The van der Waals surface area contributed by atoms with E-state index in [4.69, 9.17) is 0 Å². The molecule has 156 valence electrons. The van der Waals surface area contributed by atoms with Crippen LogP contribution in [-0.4, -0.2) is 84.8 Å². The Bertz CT molecular complexity index is 641. The lowest BCUT2D eigenvalue weighted by molar-refractivity contribution is -0.137. The SMILES string of the molecule is CCC1=CC=C(C2CN(C(C)(C)C)CC2C(=O)N2CCN(CC=O)CC2)NC1. The van der Waals surface area contributed by atoms with Gasteiger partial charge in [-0.3, -0.25) is 14.6 Å². The Labute approximate surface area is 169 Å². The fraction of sp³-hybridized carbons (Fsp3) is 0.727. The van der Waals surface area contributed by atoms with Gasteiger partial charge in [0, 0.05) is 63.0 Å². The Kier molecular flexibility index (Phi) is 6.61. The Balaban J connectivity index is 1.74. The monoisotopic (exact) mass is 388 g/mol. The Morgan fingerprint density at radius 2 is 1.89 bits per heavy atom. The van der Waals surface area contributed by atoms with E-state index < -0.39 is 0 Å². The van der Waals surface area contributed by atoms with E-state index in [1.54, 1.807) is 0 Å². The van der Waals surface area contributed by atoms with Crippen molar-refractivity contribution < 1.29 is 9.59 Å². The second kappa shape index (κ2) is 8.78. The first-order valence-corrected chi connectivity index (χ1v) is 10.7. The number of allylic oxidation sites excluding steroid dienone is 2. The number of likely N-dealkylation sites (tertiary alicyclic amines) is 1. The third-order valence-electron chi connectivity index (χ3n) is 6.47. The van der Waals surface area contributed by atoms with Crippen molar-refractivity contribution in [3.63, 3.8) is 0 Å². The quantitative estimate of drug-likeness (QED) is 0.724. The van der Waals surface area contributed by atoms with Crippen molar-refractivity contribution >= 4 is 12.2 Å². The first-order chi connectivity index (χ1) is 13.3. The minimum Gasteiger partial charge on any atom is -0.384 e. The molecule has 0 radical (unpaired) electrons. The molecule has 0 aromatic rings. The molecule has 0 spiro atoms. The van der Waals surface area contributed by atoms with E-state index in [1.165, 1.54) is 11.3 Å². The number of nitrogens with one attached hydrogen (secondary N) is 1. The van der Waals surface area contributed by atoms with Crippen molar-refractivity contribution in [3.8, 4) is 0 Å². The number of hydrogen-bond donors (Lipinski definition) is 1. The zero-order chi connectivity index (χ0) is 20.3. The number of carbonyl (C=O) groups excluding carboxylic acids is 2. The number of rotatable bonds is 5. The van der Waals surface area contributed by atoms with Crippen LogP contribution in [0.15, 0.2) is 23.4 Å². The van der Waals surface area contributed by atoms with Gasteiger partial charge < -0.3 is 15.0 Å². The molecule has 0 aromatic heterocycles. The number of dihydropyridines is 1. The van der Waals surface area contributed by atoms with Crippen molar-refractivity contribution in [2.24, 2.45) is 11.8 Å². The minimum atomic E-state index is -0.00725. The summed E-state index contributed by atoms with van der Waals surface area (Å²) in [6.45, 7) is 15.0. The summed E-state index contributed by atoms with van der Waals surface area (Å²) in [7, 11) is 0. The minimum absolute atomic E-state index is 0.00725. The van der Waals surface area contributed by atoms with Crippen LogP contribution >= 0.6 is 0 Å². The number of hydrogen-bond acceptors (Lipinski definition) is 5. The summed E-state index contributed by atoms with van der Waals surface area (Å²) in [6.07, 6.45) is 6.43. The molecule has 0 aromatic carbocycles. The van der Waals surface area contributed by atoms with Gasteiger partial charge in [-0.25, -0.2) is 0 Å². The van der Waals surface area contributed by atoms with Crippen LogP contribution in [0.2, 0.25) is 0 Å². The maximum Gasteiger partial charge on any atom is 0.227 e. The summed E-state index contributed by atoms with van der Waals surface area (Å²) >= 11 is 0. The molecule has 3 aliphatic rings. The van der Waals surface area contributed by atoms with Gasteiger partial charge in [-0.1, -0.05) is 18.6 Å². The van der Waals surface area contributed by atoms with E-state index in [0.29, 0.717) is 6.54 Å². The number of amides is 1. The maximum absolute atomic E-state index is 13.5. The molecule has 28 heavy (non-hydrogen) atoms. The lowest BCUT2D eigenvalue weighted by Crippen LogP contribution is -2.52. The van der Waals surface area contributed by atoms with Gasteiger partial charge in [-0.05, 0) is 33.3 Å². The van der Waals surface area contributed by atoms with Gasteiger partial charge in [0.05, 0.1) is 12.5 Å². The molecule has 3 heterocycles. The standard InChI is InChI=1S/C22H36N4O2/c1-5-17-6-7-20(23-14-17)18-15-26(22(2,3)4)16-19(18)21(28)25-10-8-24(9-11-25)12-13-27/h6-7,13,18-19,23H,5,8-12,14-16H2,1-4H3. The van der Waals surface area contributed by atoms with E-state index in [-0.39, 0.29) is 23.3 Å². The summed E-state index contributed by atoms with van der Waals surface area (Å²) < 4.78 is 0. The van der Waals surface area contributed by atoms with Crippen LogP contribution in [0.5, 0.6) is 0 Å². The summed E-state index contributed by atoms with van der Waals surface area (Å²) in [5.41, 5.74) is 2.67. The van der Waals surface area contributed by atoms with Crippen LogP contribution in [0, 0.1) is 11.8 Å². The fourth-order valence-corrected chi connectivity index (χ4v) is 4.45. The van der Waals surface area contributed by atoms with Crippen molar-refractivity contribution in [3.05, 3.63) is 23.4 Å². The molecule has 1 amide bonds. The van der Waals surface area contributed by atoms with E-state index in [1.807, 2.05) is 4.90 Å². The summed E-state index contributed by atoms with van der Waals surface area (Å²) in [5.74, 6) is 0.483. The summed E-state index contributed by atoms with van der Waals surface area (Å²) in [6, 6.07) is 0. The van der Waals surface area contributed by atoms with Crippen LogP contribution < -0.4 is 5.32 Å². The van der Waals surface area contributed by atoms with Gasteiger partial charge in [0.1, 0.15) is 6.29 Å². The zero-order valence-corrected chi connectivity index (χ0v) is 17.9. The topological polar surface area (TPSA) is 55.9 Å². The van der Waals surface area contributed by atoms with Gasteiger partial charge in [-0.2, -0.15) is 0 Å². The molecule has 3 rings (SSSR count). The average molecular weight is 389 g/mol. The van der Waals surface area contributed by atoms with Crippen molar-refractivity contribution in [1.29, 1.82) is 0 Å². The fourth-order valence-electron chi connectivity index (χ4n) is 4.45. The first kappa shape index (κ1) is 21.1. The van der Waals surface area contributed by atoms with Crippen LogP contribution in [0.3, 0.4) is 0 Å². The zero-order valence-electron chi connectivity index (χ0n) is 17.9. The van der Waals surface area contributed by atoms with Gasteiger partial charge in [0.25, 0.3) is 0 Å². The second-order valence-electron chi connectivity index (χ2n) is 9.24. The Hall–Kier alpha value is -1.66. The molecule has 3 aliphatic heterocycles. The van der Waals surface area contributed by atoms with Gasteiger partial charge in [0.2, 0.25) is 5.91 Å². The van der Waals surface area contributed by atoms with Crippen molar-refractivity contribution in [2.75, 3.05) is 52.4 Å². The number of carbonyl (C=O) groups is 2. The molecule has 2 atom stereocenters. The van der Waals surface area contributed by atoms with Gasteiger partial charge >= 0.3 is 0 Å². The smallest absolute Gasteiger partial charge is 0.227 e. The number of nitrogens with zero attached hydrogens (tertiary/aromatic N) is 3. The van der Waals surface area contributed by atoms with Gasteiger partial charge in [-0.15, -0.1) is 0 Å². The van der Waals surface area contributed by atoms with E-state index in [0.717, 1.165) is 58.5 Å². The van der Waals surface area contributed by atoms with Crippen molar-refractivity contribution in [2.45, 2.75) is 39.7 Å². The van der Waals surface area contributed by atoms with Crippen LogP contribution in [-0.2, 0) is 9.59 Å². The second-order valence-corrected chi connectivity index (χ2v) is 9.24. The highest BCUT2D eigenvalue weighted by molar-refractivity contribution is 5.80. The van der Waals surface area contributed by atoms with E-state index >= 15 is 0 Å². The molecular formula is C22H36N4O2. The molecule has 6 nitrogen and oxygen atoms in total. The molecule has 0 aliphatic carbocycles. The van der Waals surface area contributed by atoms with E-state index in [9.17, 15) is 9.59 Å². The molecule has 2 unspecified atom stereocenters. The first-order valence-electron chi connectivity index (χ1n) is 10.7. The summed E-state index contributed by atoms with van der Waals surface area (Å²) in [4.78, 5) is 30.8. The molecule has 2 saturated heterocycles. The van der Waals surface area contributed by atoms with Crippen LogP contribution in [0.25, 0.3) is 0 Å². The van der Waals surface area contributed by atoms with Crippen LogP contribution in [0.4, 0.5) is 0 Å². The lowest BCUT2D eigenvalue weighted by atomic mass is 9.89. The predicted octanol–water partition coefficient (Wildman–Crippen LogP) is 1.50. The Morgan fingerprint density at radius 3 is 2.43 bits per heavy atom. The highest BCUT2D eigenvalue weighted by Crippen LogP contribution is 2.35. The van der Waals surface area contributed by atoms with Crippen LogP contribution in [0.1, 0.15) is 34.1 Å². The van der Waals surface area contributed by atoms with Crippen molar-refractivity contribution in [1.82, 2.24) is 20.0 Å². The molecule has 1 N–H and O–H groups in total. The highest BCUT2D eigenvalue weighted by atomic mass is 16.2. The van der Waals surface area contributed by atoms with E-state index in [2.05, 4.69) is 55.0 Å². The Morgan fingerprint density at radius 1 is 1.18 bits per heavy atom. The average Bonchev–Trinajstić information content (AvgIpc) is 3.14. The lowest BCUT2D eigenvalue weighted by Gasteiger charge is -2.36. The highest BCUT2D eigenvalue weighted by Gasteiger charge is 2.44. The largest absolute Gasteiger partial charge is 0.384 e. The number of aldehydes is 1. The molecular weight excluding hydrogens is 352 g/mol. The van der Waals surface area contributed by atoms with Gasteiger partial charge in [0.15, 0.2) is 0 Å². The third-order valence-corrected chi connectivity index (χ3v) is 6.47.